The summed E-state index contributed by atoms with van der Waals surface area (Å²) in [6.45, 7) is 3.85. The third kappa shape index (κ3) is 1.95. The van der Waals surface area contributed by atoms with Gasteiger partial charge in [-0.1, -0.05) is 42.0 Å². The molecule has 0 fully saturated rings. The zero-order valence-corrected chi connectivity index (χ0v) is 10.9. The van der Waals surface area contributed by atoms with E-state index in [1.54, 1.807) is 0 Å². The van der Waals surface area contributed by atoms with Gasteiger partial charge in [0.15, 0.2) is 0 Å². The van der Waals surface area contributed by atoms with E-state index in [0.29, 0.717) is 11.1 Å². The van der Waals surface area contributed by atoms with E-state index in [-0.39, 0.29) is 5.63 Å². The highest BCUT2D eigenvalue weighted by Crippen LogP contribution is 2.30. The molecular weight excluding hydrogens is 236 g/mol. The minimum Gasteiger partial charge on any atom is -0.422 e. The van der Waals surface area contributed by atoms with Crippen molar-refractivity contribution in [2.24, 2.45) is 0 Å². The summed E-state index contributed by atoms with van der Waals surface area (Å²) < 4.78 is 5.35. The molecular formula is C17H14O2. The molecule has 19 heavy (non-hydrogen) atoms. The maximum Gasteiger partial charge on any atom is 0.339 e. The van der Waals surface area contributed by atoms with Crippen LogP contribution >= 0.6 is 0 Å². The van der Waals surface area contributed by atoms with Crippen molar-refractivity contribution in [1.82, 2.24) is 0 Å². The number of rotatable bonds is 1. The molecule has 0 N–H and O–H groups in total. The first kappa shape index (κ1) is 11.7. The predicted molar refractivity (Wildman–Crippen MR) is 77.4 cm³/mol. The van der Waals surface area contributed by atoms with Crippen LogP contribution in [0, 0.1) is 13.8 Å². The van der Waals surface area contributed by atoms with Crippen molar-refractivity contribution < 1.29 is 4.42 Å². The minimum atomic E-state index is -0.268. The largest absolute Gasteiger partial charge is 0.422 e. The Labute approximate surface area is 111 Å². The van der Waals surface area contributed by atoms with Crippen LogP contribution in [0.5, 0.6) is 0 Å². The molecule has 0 amide bonds. The summed E-state index contributed by atoms with van der Waals surface area (Å²) in [5.74, 6) is 0. The van der Waals surface area contributed by atoms with Gasteiger partial charge >= 0.3 is 5.63 Å². The van der Waals surface area contributed by atoms with E-state index in [2.05, 4.69) is 6.07 Å². The van der Waals surface area contributed by atoms with Gasteiger partial charge in [-0.3, -0.25) is 0 Å². The molecule has 0 saturated carbocycles. The van der Waals surface area contributed by atoms with Crippen molar-refractivity contribution in [2.45, 2.75) is 13.8 Å². The molecule has 0 aliphatic rings. The van der Waals surface area contributed by atoms with E-state index in [1.807, 2.05) is 56.3 Å². The number of hydrogen-bond acceptors (Lipinski definition) is 2. The Morgan fingerprint density at radius 2 is 1.68 bits per heavy atom. The van der Waals surface area contributed by atoms with Crippen LogP contribution in [0.3, 0.4) is 0 Å². The standard InChI is InChI=1S/C17H14O2/c1-11-8-9-15-14(10-11)16(12(2)17(18)19-15)13-6-4-3-5-7-13/h3-10H,1-2H3. The summed E-state index contributed by atoms with van der Waals surface area (Å²) in [7, 11) is 0. The number of fused-ring (bicyclic) bond motifs is 1. The zero-order valence-electron chi connectivity index (χ0n) is 10.9. The summed E-state index contributed by atoms with van der Waals surface area (Å²) in [4.78, 5) is 11.9. The normalized spacial score (nSPS) is 10.8. The fraction of sp³-hybridized carbons (Fsp3) is 0.118. The Morgan fingerprint density at radius 3 is 2.42 bits per heavy atom. The summed E-state index contributed by atoms with van der Waals surface area (Å²) in [6, 6.07) is 15.8. The van der Waals surface area contributed by atoms with Crippen molar-refractivity contribution in [3.05, 3.63) is 70.1 Å². The SMILES string of the molecule is Cc1ccc2oc(=O)c(C)c(-c3ccccc3)c2c1. The van der Waals surface area contributed by atoms with Gasteiger partial charge in [0.2, 0.25) is 0 Å². The summed E-state index contributed by atoms with van der Waals surface area (Å²) in [5.41, 5.74) is 4.19. The lowest BCUT2D eigenvalue weighted by atomic mass is 9.97. The average Bonchev–Trinajstić information content (AvgIpc) is 2.42. The first-order valence-corrected chi connectivity index (χ1v) is 6.26. The van der Waals surface area contributed by atoms with Crippen molar-refractivity contribution in [3.8, 4) is 11.1 Å². The van der Waals surface area contributed by atoms with Gasteiger partial charge in [-0.15, -0.1) is 0 Å². The van der Waals surface area contributed by atoms with Gasteiger partial charge in [0.25, 0.3) is 0 Å². The van der Waals surface area contributed by atoms with Crippen LogP contribution < -0.4 is 5.63 Å². The third-order valence-corrected chi connectivity index (χ3v) is 3.35. The molecule has 1 heterocycles. The molecule has 0 spiro atoms. The van der Waals surface area contributed by atoms with Gasteiger partial charge < -0.3 is 4.42 Å². The molecule has 1 aromatic heterocycles. The molecule has 0 bridgehead atoms. The van der Waals surface area contributed by atoms with Gasteiger partial charge in [-0.2, -0.15) is 0 Å². The maximum atomic E-state index is 11.9. The molecule has 2 heteroatoms. The highest BCUT2D eigenvalue weighted by atomic mass is 16.4. The third-order valence-electron chi connectivity index (χ3n) is 3.35. The second-order valence-electron chi connectivity index (χ2n) is 4.76. The van der Waals surface area contributed by atoms with Crippen LogP contribution in [0.2, 0.25) is 0 Å². The zero-order chi connectivity index (χ0) is 13.4. The maximum absolute atomic E-state index is 11.9. The molecule has 94 valence electrons. The van der Waals surface area contributed by atoms with Crippen molar-refractivity contribution in [1.29, 1.82) is 0 Å². The molecule has 2 aromatic carbocycles. The Hall–Kier alpha value is -2.35. The first-order valence-electron chi connectivity index (χ1n) is 6.26. The molecule has 3 aromatic rings. The van der Waals surface area contributed by atoms with Crippen LogP contribution in [-0.2, 0) is 0 Å². The first-order chi connectivity index (χ1) is 9.16. The van der Waals surface area contributed by atoms with Gasteiger partial charge in [0, 0.05) is 16.5 Å². The molecule has 0 aliphatic carbocycles. The van der Waals surface area contributed by atoms with Gasteiger partial charge in [0.05, 0.1) is 0 Å². The molecule has 0 unspecified atom stereocenters. The van der Waals surface area contributed by atoms with Gasteiger partial charge in [-0.05, 0) is 31.5 Å². The van der Waals surface area contributed by atoms with Crippen LogP contribution in [0.4, 0.5) is 0 Å². The molecule has 2 nitrogen and oxygen atoms in total. The number of aryl methyl sites for hydroxylation is 1. The topological polar surface area (TPSA) is 30.2 Å². The second kappa shape index (κ2) is 4.39. The lowest BCUT2D eigenvalue weighted by molar-refractivity contribution is 0.555. The van der Waals surface area contributed by atoms with E-state index >= 15 is 0 Å². The lowest BCUT2D eigenvalue weighted by Gasteiger charge is -2.09. The quantitative estimate of drug-likeness (QED) is 0.609. The van der Waals surface area contributed by atoms with E-state index in [0.717, 1.165) is 22.1 Å². The highest BCUT2D eigenvalue weighted by Gasteiger charge is 2.12. The summed E-state index contributed by atoms with van der Waals surface area (Å²) in [5, 5.41) is 0.989. The highest BCUT2D eigenvalue weighted by molar-refractivity contribution is 5.95. The monoisotopic (exact) mass is 250 g/mol. The van der Waals surface area contributed by atoms with Gasteiger partial charge in [-0.25, -0.2) is 4.79 Å². The smallest absolute Gasteiger partial charge is 0.339 e. The van der Waals surface area contributed by atoms with Crippen molar-refractivity contribution in [2.75, 3.05) is 0 Å². The molecule has 0 radical (unpaired) electrons. The van der Waals surface area contributed by atoms with E-state index in [9.17, 15) is 4.79 Å². The Bertz CT molecular complexity index is 799. The van der Waals surface area contributed by atoms with E-state index < -0.39 is 0 Å². The fourth-order valence-electron chi connectivity index (χ4n) is 2.39. The van der Waals surface area contributed by atoms with Crippen LogP contribution in [0.25, 0.3) is 22.1 Å². The Kier molecular flexibility index (Phi) is 2.71. The Balaban J connectivity index is 2.48. The van der Waals surface area contributed by atoms with Crippen molar-refractivity contribution in [3.63, 3.8) is 0 Å². The van der Waals surface area contributed by atoms with Crippen LogP contribution in [0.15, 0.2) is 57.7 Å². The summed E-state index contributed by atoms with van der Waals surface area (Å²) >= 11 is 0. The van der Waals surface area contributed by atoms with Crippen molar-refractivity contribution >= 4 is 11.0 Å². The predicted octanol–water partition coefficient (Wildman–Crippen LogP) is 4.08. The molecule has 0 aliphatic heterocycles. The Morgan fingerprint density at radius 1 is 0.947 bits per heavy atom. The minimum absolute atomic E-state index is 0.268. The number of hydrogen-bond donors (Lipinski definition) is 0. The molecule has 3 rings (SSSR count). The lowest BCUT2D eigenvalue weighted by Crippen LogP contribution is -2.05. The number of benzene rings is 2. The average molecular weight is 250 g/mol. The van der Waals surface area contributed by atoms with Gasteiger partial charge in [0.1, 0.15) is 5.58 Å². The van der Waals surface area contributed by atoms with E-state index in [4.69, 9.17) is 4.42 Å². The van der Waals surface area contributed by atoms with Crippen LogP contribution in [-0.4, -0.2) is 0 Å². The second-order valence-corrected chi connectivity index (χ2v) is 4.76. The van der Waals surface area contributed by atoms with E-state index in [1.165, 1.54) is 0 Å². The summed E-state index contributed by atoms with van der Waals surface area (Å²) in [6.07, 6.45) is 0. The van der Waals surface area contributed by atoms with Crippen LogP contribution in [0.1, 0.15) is 11.1 Å². The fourth-order valence-corrected chi connectivity index (χ4v) is 2.39. The molecule has 0 atom stereocenters. The molecule has 0 saturated heterocycles.